The highest BCUT2D eigenvalue weighted by Crippen LogP contribution is 2.26. The third-order valence-electron chi connectivity index (χ3n) is 3.56. The van der Waals surface area contributed by atoms with E-state index in [1.807, 2.05) is 20.8 Å². The normalized spacial score (nSPS) is 11.7. The summed E-state index contributed by atoms with van der Waals surface area (Å²) in [6.07, 6.45) is 0.682. The molecule has 3 heteroatoms. The van der Waals surface area contributed by atoms with Crippen LogP contribution in [0.5, 0.6) is 0 Å². The Morgan fingerprint density at radius 1 is 1.37 bits per heavy atom. The van der Waals surface area contributed by atoms with Crippen LogP contribution in [0.1, 0.15) is 51.2 Å². The van der Waals surface area contributed by atoms with Crippen molar-refractivity contribution in [3.8, 4) is 0 Å². The zero-order chi connectivity index (χ0) is 14.6. The predicted molar refractivity (Wildman–Crippen MR) is 81.4 cm³/mol. The summed E-state index contributed by atoms with van der Waals surface area (Å²) >= 11 is 0. The molecule has 0 radical (unpaired) electrons. The van der Waals surface area contributed by atoms with Gasteiger partial charge in [0, 0.05) is 11.1 Å². The van der Waals surface area contributed by atoms with E-state index in [0.29, 0.717) is 18.9 Å². The predicted octanol–water partition coefficient (Wildman–Crippen LogP) is 3.43. The average Bonchev–Trinajstić information content (AvgIpc) is 2.31. The third kappa shape index (κ3) is 4.06. The Labute approximate surface area is 116 Å². The number of carbonyl (C=O) groups is 1. The molecule has 0 aliphatic carbocycles. The molecule has 1 aromatic rings. The molecule has 3 N–H and O–H groups in total. The van der Waals surface area contributed by atoms with E-state index in [4.69, 9.17) is 5.73 Å². The van der Waals surface area contributed by atoms with E-state index in [1.165, 1.54) is 5.56 Å². The van der Waals surface area contributed by atoms with Gasteiger partial charge in [-0.3, -0.25) is 4.79 Å². The molecule has 0 aromatic heterocycles. The molecule has 0 saturated heterocycles. The fraction of sp³-hybridized carbons (Fsp3) is 0.562. The molecular formula is C16H26N2O. The second kappa shape index (κ2) is 6.20. The number of hydrogen-bond acceptors (Lipinski definition) is 2. The summed E-state index contributed by atoms with van der Waals surface area (Å²) in [4.78, 5) is 12.3. The number of amides is 1. The fourth-order valence-electron chi connectivity index (χ4n) is 1.90. The lowest BCUT2D eigenvalue weighted by Crippen LogP contribution is -2.33. The SMILES string of the molecule is Cc1ccc(C(C)C)cc1NC(=O)C(C)(C)CCN. The topological polar surface area (TPSA) is 55.1 Å². The highest BCUT2D eigenvalue weighted by atomic mass is 16.2. The molecule has 0 saturated carbocycles. The number of hydrogen-bond donors (Lipinski definition) is 2. The summed E-state index contributed by atoms with van der Waals surface area (Å²) in [7, 11) is 0. The van der Waals surface area contributed by atoms with Gasteiger partial charge in [0.15, 0.2) is 0 Å². The number of anilines is 1. The molecule has 0 atom stereocenters. The molecule has 1 rings (SSSR count). The van der Waals surface area contributed by atoms with Crippen LogP contribution in [-0.2, 0) is 4.79 Å². The molecule has 0 unspecified atom stereocenters. The van der Waals surface area contributed by atoms with Crippen LogP contribution in [0.25, 0.3) is 0 Å². The molecule has 3 nitrogen and oxygen atoms in total. The van der Waals surface area contributed by atoms with E-state index in [0.717, 1.165) is 11.3 Å². The minimum absolute atomic E-state index is 0.0296. The van der Waals surface area contributed by atoms with Crippen LogP contribution in [0.3, 0.4) is 0 Å². The van der Waals surface area contributed by atoms with Crippen molar-refractivity contribution in [3.63, 3.8) is 0 Å². The molecule has 106 valence electrons. The van der Waals surface area contributed by atoms with Gasteiger partial charge in [0.25, 0.3) is 0 Å². The second-order valence-corrected chi connectivity index (χ2v) is 6.11. The number of nitrogens with one attached hydrogen (secondary N) is 1. The zero-order valence-electron chi connectivity index (χ0n) is 12.7. The Hall–Kier alpha value is -1.35. The van der Waals surface area contributed by atoms with E-state index in [-0.39, 0.29) is 5.91 Å². The lowest BCUT2D eigenvalue weighted by Gasteiger charge is -2.23. The van der Waals surface area contributed by atoms with Crippen molar-refractivity contribution in [2.24, 2.45) is 11.1 Å². The summed E-state index contributed by atoms with van der Waals surface area (Å²) in [6.45, 7) is 10.7. The van der Waals surface area contributed by atoms with Crippen LogP contribution >= 0.6 is 0 Å². The lowest BCUT2D eigenvalue weighted by molar-refractivity contribution is -0.124. The summed E-state index contributed by atoms with van der Waals surface area (Å²) in [6, 6.07) is 6.23. The summed E-state index contributed by atoms with van der Waals surface area (Å²) in [5.41, 5.74) is 8.35. The van der Waals surface area contributed by atoms with Crippen LogP contribution in [0.2, 0.25) is 0 Å². The van der Waals surface area contributed by atoms with Crippen LogP contribution in [-0.4, -0.2) is 12.5 Å². The molecule has 19 heavy (non-hydrogen) atoms. The molecule has 0 aliphatic rings. The summed E-state index contributed by atoms with van der Waals surface area (Å²) < 4.78 is 0. The Morgan fingerprint density at radius 2 is 2.00 bits per heavy atom. The van der Waals surface area contributed by atoms with E-state index >= 15 is 0 Å². The van der Waals surface area contributed by atoms with Crippen LogP contribution < -0.4 is 11.1 Å². The van der Waals surface area contributed by atoms with Crippen molar-refractivity contribution in [2.75, 3.05) is 11.9 Å². The first kappa shape index (κ1) is 15.7. The molecule has 0 fully saturated rings. The van der Waals surface area contributed by atoms with Gasteiger partial charge >= 0.3 is 0 Å². The van der Waals surface area contributed by atoms with Gasteiger partial charge in [0.2, 0.25) is 5.91 Å². The molecule has 0 spiro atoms. The molecule has 0 bridgehead atoms. The van der Waals surface area contributed by atoms with Crippen molar-refractivity contribution >= 4 is 11.6 Å². The smallest absolute Gasteiger partial charge is 0.230 e. The highest BCUT2D eigenvalue weighted by Gasteiger charge is 2.27. The Morgan fingerprint density at radius 3 is 2.53 bits per heavy atom. The van der Waals surface area contributed by atoms with Gasteiger partial charge in [0.05, 0.1) is 0 Å². The Kier molecular flexibility index (Phi) is 5.12. The molecular weight excluding hydrogens is 236 g/mol. The van der Waals surface area contributed by atoms with Crippen molar-refractivity contribution in [2.45, 2.75) is 47.0 Å². The van der Waals surface area contributed by atoms with Crippen LogP contribution in [0, 0.1) is 12.3 Å². The van der Waals surface area contributed by atoms with Crippen LogP contribution in [0.4, 0.5) is 5.69 Å². The monoisotopic (exact) mass is 262 g/mol. The van der Waals surface area contributed by atoms with Gasteiger partial charge in [-0.1, -0.05) is 39.8 Å². The van der Waals surface area contributed by atoms with Crippen molar-refractivity contribution in [1.29, 1.82) is 0 Å². The maximum absolute atomic E-state index is 12.3. The largest absolute Gasteiger partial charge is 0.330 e. The maximum atomic E-state index is 12.3. The van der Waals surface area contributed by atoms with E-state index < -0.39 is 5.41 Å². The van der Waals surface area contributed by atoms with Crippen LogP contribution in [0.15, 0.2) is 18.2 Å². The number of rotatable bonds is 5. The number of aryl methyl sites for hydroxylation is 1. The second-order valence-electron chi connectivity index (χ2n) is 6.11. The van der Waals surface area contributed by atoms with Crippen molar-refractivity contribution < 1.29 is 4.79 Å². The standard InChI is InChI=1S/C16H26N2O/c1-11(2)13-7-6-12(3)14(10-13)18-15(19)16(4,5)8-9-17/h6-7,10-11H,8-9,17H2,1-5H3,(H,18,19). The zero-order valence-corrected chi connectivity index (χ0v) is 12.7. The minimum Gasteiger partial charge on any atom is -0.330 e. The third-order valence-corrected chi connectivity index (χ3v) is 3.56. The minimum atomic E-state index is -0.435. The number of benzene rings is 1. The van der Waals surface area contributed by atoms with Crippen molar-refractivity contribution in [1.82, 2.24) is 0 Å². The Balaban J connectivity index is 2.93. The van der Waals surface area contributed by atoms with Gasteiger partial charge in [-0.25, -0.2) is 0 Å². The lowest BCUT2D eigenvalue weighted by atomic mass is 9.88. The van der Waals surface area contributed by atoms with Gasteiger partial charge in [-0.05, 0) is 43.0 Å². The maximum Gasteiger partial charge on any atom is 0.230 e. The first-order valence-electron chi connectivity index (χ1n) is 6.90. The number of carbonyl (C=O) groups excluding carboxylic acids is 1. The summed E-state index contributed by atoms with van der Waals surface area (Å²) in [5, 5.41) is 3.04. The molecule has 1 aromatic carbocycles. The first-order valence-corrected chi connectivity index (χ1v) is 6.90. The Bertz CT molecular complexity index is 450. The van der Waals surface area contributed by atoms with Gasteiger partial charge in [-0.15, -0.1) is 0 Å². The van der Waals surface area contributed by atoms with Crippen molar-refractivity contribution in [3.05, 3.63) is 29.3 Å². The molecule has 0 heterocycles. The fourth-order valence-corrected chi connectivity index (χ4v) is 1.90. The molecule has 1 amide bonds. The van der Waals surface area contributed by atoms with E-state index in [2.05, 4.69) is 37.4 Å². The van der Waals surface area contributed by atoms with E-state index in [1.54, 1.807) is 0 Å². The summed E-state index contributed by atoms with van der Waals surface area (Å²) in [5.74, 6) is 0.482. The van der Waals surface area contributed by atoms with Gasteiger partial charge in [0.1, 0.15) is 0 Å². The quantitative estimate of drug-likeness (QED) is 0.854. The highest BCUT2D eigenvalue weighted by molar-refractivity contribution is 5.95. The van der Waals surface area contributed by atoms with Gasteiger partial charge in [-0.2, -0.15) is 0 Å². The van der Waals surface area contributed by atoms with Gasteiger partial charge < -0.3 is 11.1 Å². The van der Waals surface area contributed by atoms with E-state index in [9.17, 15) is 4.79 Å². The number of nitrogens with two attached hydrogens (primary N) is 1. The average molecular weight is 262 g/mol. The molecule has 0 aliphatic heterocycles. The first-order chi connectivity index (χ1) is 8.77.